The van der Waals surface area contributed by atoms with E-state index in [4.69, 9.17) is 14.7 Å². The topological polar surface area (TPSA) is 45.5 Å². The molecular formula is C10H15NO2. The molecule has 0 bridgehead atoms. The summed E-state index contributed by atoms with van der Waals surface area (Å²) in [5.74, 6) is 0.118. The third-order valence-electron chi connectivity index (χ3n) is 2.77. The van der Waals surface area contributed by atoms with Crippen LogP contribution in [0.5, 0.6) is 0 Å². The van der Waals surface area contributed by atoms with Gasteiger partial charge in [0, 0.05) is 0 Å². The van der Waals surface area contributed by atoms with E-state index in [0.29, 0.717) is 12.7 Å². The van der Waals surface area contributed by atoms with Gasteiger partial charge in [0.15, 0.2) is 0 Å². The van der Waals surface area contributed by atoms with Crippen molar-refractivity contribution >= 4 is 0 Å². The maximum Gasteiger partial charge on any atom is 0.104 e. The van der Waals surface area contributed by atoms with Crippen molar-refractivity contribution < 1.29 is 9.47 Å². The third-order valence-corrected chi connectivity index (χ3v) is 2.77. The van der Waals surface area contributed by atoms with Gasteiger partial charge in [0.2, 0.25) is 0 Å². The second-order valence-corrected chi connectivity index (χ2v) is 3.85. The lowest BCUT2D eigenvalue weighted by Gasteiger charge is -2.26. The van der Waals surface area contributed by atoms with Gasteiger partial charge in [-0.2, -0.15) is 5.26 Å². The van der Waals surface area contributed by atoms with Crippen molar-refractivity contribution in [2.75, 3.05) is 13.2 Å². The van der Waals surface area contributed by atoms with E-state index in [1.807, 2.05) is 0 Å². The number of nitrogens with zero attached hydrogens (tertiary/aromatic N) is 1. The fourth-order valence-corrected chi connectivity index (χ4v) is 1.84. The van der Waals surface area contributed by atoms with E-state index in [0.717, 1.165) is 19.4 Å². The molecule has 0 spiro atoms. The Morgan fingerprint density at radius 2 is 2.15 bits per heavy atom. The average molecular weight is 181 g/mol. The van der Waals surface area contributed by atoms with Crippen LogP contribution in [0.3, 0.4) is 0 Å². The van der Waals surface area contributed by atoms with Crippen molar-refractivity contribution in [3.63, 3.8) is 0 Å². The van der Waals surface area contributed by atoms with Gasteiger partial charge in [0.1, 0.15) is 6.10 Å². The van der Waals surface area contributed by atoms with Crippen molar-refractivity contribution in [2.45, 2.75) is 37.9 Å². The smallest absolute Gasteiger partial charge is 0.104 e. The second-order valence-electron chi connectivity index (χ2n) is 3.85. The van der Waals surface area contributed by atoms with Gasteiger partial charge < -0.3 is 9.47 Å². The highest BCUT2D eigenvalue weighted by Gasteiger charge is 2.29. The summed E-state index contributed by atoms with van der Waals surface area (Å²) in [6.45, 7) is 1.52. The van der Waals surface area contributed by atoms with Crippen LogP contribution in [0.4, 0.5) is 0 Å². The molecule has 3 nitrogen and oxygen atoms in total. The molecule has 1 aliphatic carbocycles. The normalized spacial score (nSPS) is 38.2. The van der Waals surface area contributed by atoms with E-state index in [1.165, 1.54) is 12.8 Å². The molecule has 1 saturated heterocycles. The highest BCUT2D eigenvalue weighted by atomic mass is 16.6. The minimum atomic E-state index is 0.118. The van der Waals surface area contributed by atoms with Gasteiger partial charge in [-0.1, -0.05) is 12.8 Å². The number of hydrogen-bond donors (Lipinski definition) is 0. The van der Waals surface area contributed by atoms with Gasteiger partial charge in [-0.3, -0.25) is 0 Å². The minimum absolute atomic E-state index is 0.118. The first-order chi connectivity index (χ1) is 6.40. The zero-order valence-corrected chi connectivity index (χ0v) is 7.74. The molecule has 2 aliphatic rings. The quantitative estimate of drug-likeness (QED) is 0.619. The van der Waals surface area contributed by atoms with Crippen molar-refractivity contribution in [1.29, 1.82) is 5.26 Å². The molecule has 3 atom stereocenters. The molecule has 0 aromatic heterocycles. The maximum absolute atomic E-state index is 8.88. The first-order valence-electron chi connectivity index (χ1n) is 5.03. The fraction of sp³-hybridized carbons (Fsp3) is 0.900. The van der Waals surface area contributed by atoms with Crippen LogP contribution in [0.15, 0.2) is 0 Å². The molecule has 3 unspecified atom stereocenters. The summed E-state index contributed by atoms with van der Waals surface area (Å²) in [6.07, 6.45) is 4.92. The SMILES string of the molecule is N#CC1CCCCC1OCC1CO1. The van der Waals surface area contributed by atoms with Gasteiger partial charge in [-0.05, 0) is 12.8 Å². The van der Waals surface area contributed by atoms with E-state index in [9.17, 15) is 0 Å². The Hall–Kier alpha value is -0.590. The van der Waals surface area contributed by atoms with Crippen LogP contribution in [0.2, 0.25) is 0 Å². The van der Waals surface area contributed by atoms with Crippen LogP contribution >= 0.6 is 0 Å². The third kappa shape index (κ3) is 2.43. The molecule has 0 aromatic carbocycles. The van der Waals surface area contributed by atoms with Crippen LogP contribution in [-0.2, 0) is 9.47 Å². The predicted molar refractivity (Wildman–Crippen MR) is 47.1 cm³/mol. The van der Waals surface area contributed by atoms with Crippen LogP contribution < -0.4 is 0 Å². The molecule has 0 aromatic rings. The maximum atomic E-state index is 8.88. The molecule has 3 heteroatoms. The highest BCUT2D eigenvalue weighted by Crippen LogP contribution is 2.27. The summed E-state index contributed by atoms with van der Waals surface area (Å²) in [4.78, 5) is 0. The second kappa shape index (κ2) is 4.08. The lowest BCUT2D eigenvalue weighted by atomic mass is 9.87. The number of hydrogen-bond acceptors (Lipinski definition) is 3. The van der Waals surface area contributed by atoms with Crippen molar-refractivity contribution in [2.24, 2.45) is 5.92 Å². The number of rotatable bonds is 3. The summed E-state index contributed by atoms with van der Waals surface area (Å²) in [5.41, 5.74) is 0. The molecule has 13 heavy (non-hydrogen) atoms. The molecule has 1 saturated carbocycles. The molecule has 1 heterocycles. The first-order valence-corrected chi connectivity index (χ1v) is 5.03. The molecule has 0 amide bonds. The van der Waals surface area contributed by atoms with Crippen LogP contribution in [0.1, 0.15) is 25.7 Å². The van der Waals surface area contributed by atoms with Crippen LogP contribution in [0, 0.1) is 17.2 Å². The Morgan fingerprint density at radius 3 is 2.85 bits per heavy atom. The van der Waals surface area contributed by atoms with Gasteiger partial charge in [0.05, 0.1) is 31.3 Å². The number of nitriles is 1. The van der Waals surface area contributed by atoms with E-state index in [1.54, 1.807) is 0 Å². The molecule has 2 fully saturated rings. The van der Waals surface area contributed by atoms with Crippen molar-refractivity contribution in [3.05, 3.63) is 0 Å². The molecule has 0 N–H and O–H groups in total. The Kier molecular flexibility index (Phi) is 2.82. The van der Waals surface area contributed by atoms with Crippen LogP contribution in [0.25, 0.3) is 0 Å². The van der Waals surface area contributed by atoms with Gasteiger partial charge in [-0.25, -0.2) is 0 Å². The average Bonchev–Trinajstić information content (AvgIpc) is 2.99. The van der Waals surface area contributed by atoms with E-state index < -0.39 is 0 Å². The van der Waals surface area contributed by atoms with Crippen LogP contribution in [-0.4, -0.2) is 25.4 Å². The largest absolute Gasteiger partial charge is 0.374 e. The number of ether oxygens (including phenoxy) is 2. The monoisotopic (exact) mass is 181 g/mol. The van der Waals surface area contributed by atoms with Crippen molar-refractivity contribution in [1.82, 2.24) is 0 Å². The molecule has 2 rings (SSSR count). The van der Waals surface area contributed by atoms with E-state index in [-0.39, 0.29) is 12.0 Å². The fourth-order valence-electron chi connectivity index (χ4n) is 1.84. The van der Waals surface area contributed by atoms with E-state index in [2.05, 4.69) is 6.07 Å². The number of epoxide rings is 1. The van der Waals surface area contributed by atoms with Gasteiger partial charge in [-0.15, -0.1) is 0 Å². The zero-order chi connectivity index (χ0) is 9.10. The molecule has 0 radical (unpaired) electrons. The Bertz CT molecular complexity index is 207. The molecule has 1 aliphatic heterocycles. The summed E-state index contributed by atoms with van der Waals surface area (Å²) < 4.78 is 10.7. The van der Waals surface area contributed by atoms with E-state index >= 15 is 0 Å². The standard InChI is InChI=1S/C10H15NO2/c11-5-8-3-1-2-4-10(8)13-7-9-6-12-9/h8-10H,1-4,6-7H2. The summed E-state index contributed by atoms with van der Waals surface area (Å²) in [6, 6.07) is 2.33. The minimum Gasteiger partial charge on any atom is -0.374 e. The highest BCUT2D eigenvalue weighted by molar-refractivity contribution is 4.91. The summed E-state index contributed by atoms with van der Waals surface area (Å²) >= 11 is 0. The van der Waals surface area contributed by atoms with Crippen molar-refractivity contribution in [3.8, 4) is 6.07 Å². The van der Waals surface area contributed by atoms with Gasteiger partial charge >= 0.3 is 0 Å². The Labute approximate surface area is 78.6 Å². The summed E-state index contributed by atoms with van der Waals surface area (Å²) in [5, 5.41) is 8.88. The summed E-state index contributed by atoms with van der Waals surface area (Å²) in [7, 11) is 0. The lowest BCUT2D eigenvalue weighted by Crippen LogP contribution is -2.28. The lowest BCUT2D eigenvalue weighted by molar-refractivity contribution is -0.00115. The molecular weight excluding hydrogens is 166 g/mol. The Morgan fingerprint density at radius 1 is 1.38 bits per heavy atom. The van der Waals surface area contributed by atoms with Gasteiger partial charge in [0.25, 0.3) is 0 Å². The predicted octanol–water partition coefficient (Wildman–Crippen LogP) is 1.48. The molecule has 72 valence electrons. The first kappa shape index (κ1) is 8.98. The Balaban J connectivity index is 1.76. The zero-order valence-electron chi connectivity index (χ0n) is 7.74.